The summed E-state index contributed by atoms with van der Waals surface area (Å²) in [6, 6.07) is 12.4. The van der Waals surface area contributed by atoms with E-state index in [1.54, 1.807) is 24.3 Å². The number of hydrogen-bond donors (Lipinski definition) is 2. The number of likely N-dealkylation sites (N-methyl/N-ethyl adjacent to an activating group) is 1. The summed E-state index contributed by atoms with van der Waals surface area (Å²) in [5.41, 5.74) is 0.502. The van der Waals surface area contributed by atoms with Gasteiger partial charge in [-0.3, -0.25) is 9.52 Å². The minimum absolute atomic E-state index is 0.0728. The van der Waals surface area contributed by atoms with Gasteiger partial charge in [0.25, 0.3) is 15.9 Å². The number of para-hydroxylation sites is 1. The van der Waals surface area contributed by atoms with Gasteiger partial charge in [-0.05, 0) is 49.5 Å². The molecule has 1 amide bonds. The Balaban J connectivity index is 2.13. The van der Waals surface area contributed by atoms with Gasteiger partial charge in [0.15, 0.2) is 0 Å². The summed E-state index contributed by atoms with van der Waals surface area (Å²) in [5.74, 6) is -0.323. The van der Waals surface area contributed by atoms with Crippen LogP contribution in [0.1, 0.15) is 24.2 Å². The number of anilines is 1. The van der Waals surface area contributed by atoms with Crippen LogP contribution in [-0.4, -0.2) is 45.4 Å². The Morgan fingerprint density at radius 1 is 1.04 bits per heavy atom. The molecule has 2 aromatic carbocycles. The second-order valence-corrected chi connectivity index (χ2v) is 8.01. The monoisotopic (exact) mass is 409 g/mol. The number of halogens is 1. The maximum atomic E-state index is 12.6. The Bertz CT molecular complexity index is 866. The van der Waals surface area contributed by atoms with E-state index in [0.717, 1.165) is 19.6 Å². The Labute approximate surface area is 165 Å². The van der Waals surface area contributed by atoms with Crippen molar-refractivity contribution in [2.24, 2.45) is 0 Å². The van der Waals surface area contributed by atoms with Gasteiger partial charge in [-0.1, -0.05) is 37.6 Å². The van der Waals surface area contributed by atoms with Crippen molar-refractivity contribution in [2.45, 2.75) is 18.7 Å². The molecule has 0 aliphatic carbocycles. The maximum absolute atomic E-state index is 12.6. The van der Waals surface area contributed by atoms with E-state index in [0.29, 0.717) is 11.6 Å². The molecule has 0 fully saturated rings. The van der Waals surface area contributed by atoms with Crippen molar-refractivity contribution in [3.8, 4) is 0 Å². The van der Waals surface area contributed by atoms with Crippen molar-refractivity contribution >= 4 is 33.2 Å². The third-order valence-corrected chi connectivity index (χ3v) is 5.78. The molecule has 6 nitrogen and oxygen atoms in total. The largest absolute Gasteiger partial charge is 0.351 e. The van der Waals surface area contributed by atoms with Crippen LogP contribution in [-0.2, 0) is 10.0 Å². The van der Waals surface area contributed by atoms with Crippen LogP contribution < -0.4 is 10.0 Å². The Morgan fingerprint density at radius 2 is 1.67 bits per heavy atom. The van der Waals surface area contributed by atoms with Crippen LogP contribution in [0.4, 0.5) is 5.69 Å². The van der Waals surface area contributed by atoms with Gasteiger partial charge in [0, 0.05) is 18.1 Å². The van der Waals surface area contributed by atoms with Crippen LogP contribution in [0.15, 0.2) is 53.4 Å². The summed E-state index contributed by atoms with van der Waals surface area (Å²) in [4.78, 5) is 14.8. The molecule has 8 heteroatoms. The minimum Gasteiger partial charge on any atom is -0.351 e. The zero-order valence-electron chi connectivity index (χ0n) is 15.4. The van der Waals surface area contributed by atoms with Crippen molar-refractivity contribution in [3.05, 3.63) is 59.1 Å². The van der Waals surface area contributed by atoms with Crippen LogP contribution in [0.25, 0.3) is 0 Å². The number of benzene rings is 2. The molecular weight excluding hydrogens is 386 g/mol. The number of amides is 1. The number of carbonyl (C=O) groups excluding carboxylic acids is 1. The van der Waals surface area contributed by atoms with Gasteiger partial charge in [-0.2, -0.15) is 0 Å². The lowest BCUT2D eigenvalue weighted by Crippen LogP contribution is -2.35. The number of hydrogen-bond acceptors (Lipinski definition) is 4. The molecule has 0 saturated carbocycles. The topological polar surface area (TPSA) is 78.5 Å². The fraction of sp³-hybridized carbons (Fsp3) is 0.316. The SMILES string of the molecule is CCN(CC)CCNC(=O)c1ccccc1NS(=O)(=O)c1ccc(Cl)cc1. The van der Waals surface area contributed by atoms with Crippen LogP contribution in [0.5, 0.6) is 0 Å². The summed E-state index contributed by atoms with van der Waals surface area (Å²) < 4.78 is 27.6. The number of nitrogens with one attached hydrogen (secondary N) is 2. The number of rotatable bonds is 9. The highest BCUT2D eigenvalue weighted by Gasteiger charge is 2.18. The molecule has 0 spiro atoms. The lowest BCUT2D eigenvalue weighted by molar-refractivity contribution is 0.0950. The van der Waals surface area contributed by atoms with Gasteiger partial charge in [0.05, 0.1) is 16.1 Å². The molecule has 0 unspecified atom stereocenters. The first-order valence-electron chi connectivity index (χ1n) is 8.75. The third kappa shape index (κ3) is 5.95. The van der Waals surface area contributed by atoms with Gasteiger partial charge in [-0.25, -0.2) is 8.42 Å². The van der Waals surface area contributed by atoms with Gasteiger partial charge in [0.2, 0.25) is 0 Å². The van der Waals surface area contributed by atoms with Crippen molar-refractivity contribution in [1.82, 2.24) is 10.2 Å². The normalized spacial score (nSPS) is 11.4. The van der Waals surface area contributed by atoms with Crippen LogP contribution in [0.2, 0.25) is 5.02 Å². The Kier molecular flexibility index (Phi) is 7.65. The molecule has 0 aromatic heterocycles. The van der Waals surface area contributed by atoms with E-state index in [2.05, 4.69) is 28.8 Å². The van der Waals surface area contributed by atoms with E-state index in [4.69, 9.17) is 11.6 Å². The predicted octanol–water partition coefficient (Wildman–Crippen LogP) is 3.21. The summed E-state index contributed by atoms with van der Waals surface area (Å²) in [6.07, 6.45) is 0. The minimum atomic E-state index is -3.82. The molecule has 0 radical (unpaired) electrons. The highest BCUT2D eigenvalue weighted by atomic mass is 35.5. The Morgan fingerprint density at radius 3 is 2.30 bits per heavy atom. The van der Waals surface area contributed by atoms with Gasteiger partial charge >= 0.3 is 0 Å². The fourth-order valence-electron chi connectivity index (χ4n) is 2.55. The van der Waals surface area contributed by atoms with E-state index in [1.165, 1.54) is 24.3 Å². The smallest absolute Gasteiger partial charge is 0.261 e. The average molecular weight is 410 g/mol. The maximum Gasteiger partial charge on any atom is 0.261 e. The molecule has 2 aromatic rings. The summed E-state index contributed by atoms with van der Waals surface area (Å²) in [5, 5.41) is 3.28. The third-order valence-electron chi connectivity index (χ3n) is 4.15. The lowest BCUT2D eigenvalue weighted by Gasteiger charge is -2.18. The zero-order chi connectivity index (χ0) is 19.9. The van der Waals surface area contributed by atoms with Crippen LogP contribution in [0, 0.1) is 0 Å². The quantitative estimate of drug-likeness (QED) is 0.666. The fourth-order valence-corrected chi connectivity index (χ4v) is 3.76. The highest BCUT2D eigenvalue weighted by Crippen LogP contribution is 2.21. The highest BCUT2D eigenvalue weighted by molar-refractivity contribution is 7.92. The predicted molar refractivity (Wildman–Crippen MR) is 109 cm³/mol. The molecule has 0 heterocycles. The second-order valence-electron chi connectivity index (χ2n) is 5.89. The van der Waals surface area contributed by atoms with Crippen molar-refractivity contribution in [2.75, 3.05) is 30.9 Å². The zero-order valence-corrected chi connectivity index (χ0v) is 17.0. The van der Waals surface area contributed by atoms with E-state index in [9.17, 15) is 13.2 Å². The average Bonchev–Trinajstić information content (AvgIpc) is 2.65. The Hall–Kier alpha value is -2.09. The van der Waals surface area contributed by atoms with Crippen LogP contribution >= 0.6 is 11.6 Å². The standard InChI is InChI=1S/C19H24ClN3O3S/c1-3-23(4-2)14-13-21-19(24)17-7-5-6-8-18(17)22-27(25,26)16-11-9-15(20)10-12-16/h5-12,22H,3-4,13-14H2,1-2H3,(H,21,24). The lowest BCUT2D eigenvalue weighted by atomic mass is 10.1. The number of carbonyl (C=O) groups is 1. The summed E-state index contributed by atoms with van der Waals surface area (Å²) >= 11 is 5.81. The molecule has 27 heavy (non-hydrogen) atoms. The van der Waals surface area contributed by atoms with Crippen molar-refractivity contribution < 1.29 is 13.2 Å². The second kappa shape index (κ2) is 9.73. The molecule has 0 atom stereocenters. The molecule has 0 aliphatic rings. The van der Waals surface area contributed by atoms with E-state index in [-0.39, 0.29) is 22.1 Å². The molecule has 0 bridgehead atoms. The number of nitrogens with zero attached hydrogens (tertiary/aromatic N) is 1. The first kappa shape index (κ1) is 21.2. The van der Waals surface area contributed by atoms with Crippen molar-refractivity contribution in [3.63, 3.8) is 0 Å². The van der Waals surface area contributed by atoms with E-state index < -0.39 is 10.0 Å². The summed E-state index contributed by atoms with van der Waals surface area (Å²) in [6.45, 7) is 7.15. The van der Waals surface area contributed by atoms with Crippen LogP contribution in [0.3, 0.4) is 0 Å². The first-order chi connectivity index (χ1) is 12.9. The van der Waals surface area contributed by atoms with E-state index >= 15 is 0 Å². The van der Waals surface area contributed by atoms with Crippen molar-refractivity contribution in [1.29, 1.82) is 0 Å². The molecule has 2 N–H and O–H groups in total. The van der Waals surface area contributed by atoms with Gasteiger partial charge in [0.1, 0.15) is 0 Å². The van der Waals surface area contributed by atoms with E-state index in [1.807, 2.05) is 0 Å². The molecular formula is C19H24ClN3O3S. The summed E-state index contributed by atoms with van der Waals surface area (Å²) in [7, 11) is -3.82. The molecule has 0 saturated heterocycles. The number of sulfonamides is 1. The molecule has 0 aliphatic heterocycles. The van der Waals surface area contributed by atoms with Gasteiger partial charge in [-0.15, -0.1) is 0 Å². The van der Waals surface area contributed by atoms with Gasteiger partial charge < -0.3 is 10.2 Å². The first-order valence-corrected chi connectivity index (χ1v) is 10.6. The molecule has 2 rings (SSSR count). The molecule has 146 valence electrons.